The zero-order valence-electron chi connectivity index (χ0n) is 14.8. The molecule has 4 rings (SSSR count). The van der Waals surface area contributed by atoms with Gasteiger partial charge in [0.05, 0.1) is 22.9 Å². The highest BCUT2D eigenvalue weighted by Gasteiger charge is 2.28. The summed E-state index contributed by atoms with van der Waals surface area (Å²) in [7, 11) is -3.34. The first-order chi connectivity index (χ1) is 13.2. The van der Waals surface area contributed by atoms with Crippen molar-refractivity contribution in [2.75, 3.05) is 5.75 Å². The number of H-pyrrole nitrogens is 1. The molecule has 9 heteroatoms. The van der Waals surface area contributed by atoms with Crippen molar-refractivity contribution in [2.45, 2.75) is 31.2 Å². The Balaban J connectivity index is 1.73. The lowest BCUT2D eigenvalue weighted by molar-refractivity contribution is 0.0696. The SMILES string of the molecule is O=C(N[C@@H]1C=CS(=O)(=O)C1)c1cc2ccc(C3CCC3)c(C(=O)O)c2[nH]c1=O. The van der Waals surface area contributed by atoms with Gasteiger partial charge in [0.2, 0.25) is 0 Å². The highest BCUT2D eigenvalue weighted by atomic mass is 32.2. The Kier molecular flexibility index (Phi) is 4.34. The summed E-state index contributed by atoms with van der Waals surface area (Å²) in [6.07, 6.45) is 4.22. The number of carbonyl (C=O) groups is 2. The molecular weight excluding hydrogens is 384 g/mol. The van der Waals surface area contributed by atoms with Crippen molar-refractivity contribution in [3.63, 3.8) is 0 Å². The number of rotatable bonds is 4. The molecule has 1 aromatic carbocycles. The number of nitrogens with one attached hydrogen (secondary N) is 2. The molecule has 0 bridgehead atoms. The second-order valence-corrected chi connectivity index (χ2v) is 9.11. The maximum Gasteiger partial charge on any atom is 0.338 e. The van der Waals surface area contributed by atoms with Crippen LogP contribution in [0.4, 0.5) is 0 Å². The lowest BCUT2D eigenvalue weighted by atomic mass is 9.77. The van der Waals surface area contributed by atoms with Crippen molar-refractivity contribution in [3.05, 3.63) is 56.7 Å². The number of pyridine rings is 1. The molecule has 1 aliphatic carbocycles. The van der Waals surface area contributed by atoms with Crippen LogP contribution >= 0.6 is 0 Å². The molecule has 2 heterocycles. The van der Waals surface area contributed by atoms with E-state index in [0.29, 0.717) is 10.9 Å². The second-order valence-electron chi connectivity index (χ2n) is 7.18. The summed E-state index contributed by atoms with van der Waals surface area (Å²) >= 11 is 0. The van der Waals surface area contributed by atoms with E-state index in [0.717, 1.165) is 24.7 Å². The topological polar surface area (TPSA) is 133 Å². The standard InChI is InChI=1S/C19H18N2O6S/c22-17(20-12-6-7-28(26,27)9-12)14-8-11-4-5-13(10-2-1-3-10)15(19(24)25)16(11)21-18(14)23/h4-8,10,12H,1-3,9H2,(H,20,22)(H,21,23)(H,24,25)/t12-/m1/s1. The van der Waals surface area contributed by atoms with E-state index in [9.17, 15) is 27.9 Å². The van der Waals surface area contributed by atoms with Crippen LogP contribution in [-0.4, -0.2) is 42.2 Å². The molecule has 28 heavy (non-hydrogen) atoms. The molecule has 3 N–H and O–H groups in total. The average molecular weight is 402 g/mol. The van der Waals surface area contributed by atoms with Gasteiger partial charge in [0, 0.05) is 5.41 Å². The summed E-state index contributed by atoms with van der Waals surface area (Å²) in [5.41, 5.74) is 0.0410. The fourth-order valence-electron chi connectivity index (χ4n) is 3.66. The zero-order valence-corrected chi connectivity index (χ0v) is 15.6. The van der Waals surface area contributed by atoms with Gasteiger partial charge in [0.15, 0.2) is 9.84 Å². The summed E-state index contributed by atoms with van der Waals surface area (Å²) in [5, 5.41) is 13.6. The number of hydrogen-bond donors (Lipinski definition) is 3. The quantitative estimate of drug-likeness (QED) is 0.710. The van der Waals surface area contributed by atoms with Crippen molar-refractivity contribution in [1.29, 1.82) is 0 Å². The Morgan fingerprint density at radius 3 is 2.54 bits per heavy atom. The van der Waals surface area contributed by atoms with Gasteiger partial charge < -0.3 is 15.4 Å². The van der Waals surface area contributed by atoms with Gasteiger partial charge in [-0.1, -0.05) is 18.6 Å². The Morgan fingerprint density at radius 1 is 1.21 bits per heavy atom. The molecule has 0 radical (unpaired) electrons. The third-order valence-corrected chi connectivity index (χ3v) is 6.70. The van der Waals surface area contributed by atoms with Crippen LogP contribution in [0, 0.1) is 0 Å². The van der Waals surface area contributed by atoms with E-state index in [-0.39, 0.29) is 28.3 Å². The second kappa shape index (κ2) is 6.59. The van der Waals surface area contributed by atoms with Gasteiger partial charge in [0.25, 0.3) is 11.5 Å². The summed E-state index contributed by atoms with van der Waals surface area (Å²) < 4.78 is 22.9. The summed E-state index contributed by atoms with van der Waals surface area (Å²) in [6.45, 7) is 0. The third-order valence-electron chi connectivity index (χ3n) is 5.30. The predicted molar refractivity (Wildman–Crippen MR) is 102 cm³/mol. The van der Waals surface area contributed by atoms with Crippen molar-refractivity contribution in [1.82, 2.24) is 10.3 Å². The molecule has 2 aliphatic rings. The third kappa shape index (κ3) is 3.22. The van der Waals surface area contributed by atoms with Crippen LogP contribution in [0.15, 0.2) is 34.5 Å². The number of hydrogen-bond acceptors (Lipinski definition) is 5. The van der Waals surface area contributed by atoms with Crippen LogP contribution < -0.4 is 10.9 Å². The molecule has 1 atom stereocenters. The normalized spacial score (nSPS) is 20.8. The number of amides is 1. The van der Waals surface area contributed by atoms with Crippen LogP contribution in [0.3, 0.4) is 0 Å². The number of benzene rings is 1. The molecular formula is C19H18N2O6S. The first-order valence-corrected chi connectivity index (χ1v) is 10.6. The molecule has 1 aliphatic heterocycles. The fraction of sp³-hybridized carbons (Fsp3) is 0.316. The smallest absolute Gasteiger partial charge is 0.338 e. The zero-order chi connectivity index (χ0) is 20.1. The molecule has 1 fully saturated rings. The van der Waals surface area contributed by atoms with Crippen LogP contribution in [0.5, 0.6) is 0 Å². The van der Waals surface area contributed by atoms with Crippen molar-refractivity contribution in [3.8, 4) is 0 Å². The van der Waals surface area contributed by atoms with Gasteiger partial charge in [-0.15, -0.1) is 0 Å². The molecule has 8 nitrogen and oxygen atoms in total. The monoisotopic (exact) mass is 402 g/mol. The van der Waals surface area contributed by atoms with Crippen molar-refractivity contribution in [2.24, 2.45) is 0 Å². The molecule has 0 spiro atoms. The molecule has 146 valence electrons. The number of fused-ring (bicyclic) bond motifs is 1. The first-order valence-electron chi connectivity index (χ1n) is 8.90. The largest absolute Gasteiger partial charge is 0.478 e. The Morgan fingerprint density at radius 2 is 1.96 bits per heavy atom. The minimum atomic E-state index is -3.34. The molecule has 0 saturated heterocycles. The molecule has 1 aromatic heterocycles. The van der Waals surface area contributed by atoms with E-state index in [1.807, 2.05) is 0 Å². The molecule has 2 aromatic rings. The lowest BCUT2D eigenvalue weighted by Gasteiger charge is -2.27. The van der Waals surface area contributed by atoms with E-state index < -0.39 is 33.3 Å². The lowest BCUT2D eigenvalue weighted by Crippen LogP contribution is -2.38. The van der Waals surface area contributed by atoms with Gasteiger partial charge in [-0.3, -0.25) is 9.59 Å². The summed E-state index contributed by atoms with van der Waals surface area (Å²) in [5.74, 6) is -1.92. The van der Waals surface area contributed by atoms with E-state index in [4.69, 9.17) is 0 Å². The van der Waals surface area contributed by atoms with Crippen molar-refractivity contribution >= 4 is 32.6 Å². The highest BCUT2D eigenvalue weighted by molar-refractivity contribution is 7.94. The number of aromatic carboxylic acids is 1. The van der Waals surface area contributed by atoms with Gasteiger partial charge in [-0.2, -0.15) is 0 Å². The van der Waals surface area contributed by atoms with Crippen LogP contribution in [-0.2, 0) is 9.84 Å². The van der Waals surface area contributed by atoms with Crippen LogP contribution in [0.2, 0.25) is 0 Å². The van der Waals surface area contributed by atoms with E-state index >= 15 is 0 Å². The average Bonchev–Trinajstić information content (AvgIpc) is 2.90. The van der Waals surface area contributed by atoms with E-state index in [2.05, 4.69) is 10.3 Å². The van der Waals surface area contributed by atoms with Gasteiger partial charge in [-0.25, -0.2) is 13.2 Å². The minimum absolute atomic E-state index is 0.0658. The molecule has 1 amide bonds. The predicted octanol–water partition coefficient (Wildman–Crippen LogP) is 1.53. The van der Waals surface area contributed by atoms with Crippen molar-refractivity contribution < 1.29 is 23.1 Å². The van der Waals surface area contributed by atoms with Gasteiger partial charge in [0.1, 0.15) is 5.56 Å². The van der Waals surface area contributed by atoms with Gasteiger partial charge >= 0.3 is 5.97 Å². The van der Waals surface area contributed by atoms with Crippen LogP contribution in [0.25, 0.3) is 10.9 Å². The minimum Gasteiger partial charge on any atom is -0.478 e. The highest BCUT2D eigenvalue weighted by Crippen LogP contribution is 2.39. The molecule has 1 saturated carbocycles. The number of carboxylic acids is 1. The number of carboxylic acid groups (broad SMARTS) is 1. The maximum absolute atomic E-state index is 12.5. The number of aromatic amines is 1. The number of carbonyl (C=O) groups excluding carboxylic acids is 1. The van der Waals surface area contributed by atoms with E-state index in [1.165, 1.54) is 12.1 Å². The maximum atomic E-state index is 12.5. The number of aromatic nitrogens is 1. The Bertz CT molecular complexity index is 1190. The molecule has 0 unspecified atom stereocenters. The first kappa shape index (κ1) is 18.4. The Hall–Kier alpha value is -2.94. The summed E-state index contributed by atoms with van der Waals surface area (Å²) in [4.78, 5) is 39.3. The van der Waals surface area contributed by atoms with E-state index in [1.54, 1.807) is 12.1 Å². The summed E-state index contributed by atoms with van der Waals surface area (Å²) in [6, 6.07) is 4.07. The Labute approximate surface area is 160 Å². The van der Waals surface area contributed by atoms with Crippen LogP contribution in [0.1, 0.15) is 51.5 Å². The fourth-order valence-corrected chi connectivity index (χ4v) is 4.90. The van der Waals surface area contributed by atoms with Gasteiger partial charge in [-0.05, 0) is 41.9 Å². The number of sulfone groups is 1.